The molecule has 1 aliphatic carbocycles. The van der Waals surface area contributed by atoms with Crippen LogP contribution in [-0.4, -0.2) is 49.4 Å². The van der Waals surface area contributed by atoms with Crippen LogP contribution < -0.4 is 10.6 Å². The Kier molecular flexibility index (Phi) is 7.85. The Bertz CT molecular complexity index is 840. The number of carbonyl (C=O) groups is 1. The molecular weight excluding hydrogens is 394 g/mol. The highest BCUT2D eigenvalue weighted by atomic mass is 32.1. The zero-order valence-electron chi connectivity index (χ0n) is 18.3. The highest BCUT2D eigenvalue weighted by Gasteiger charge is 2.42. The summed E-state index contributed by atoms with van der Waals surface area (Å²) in [5.41, 5.74) is 2.04. The first-order valence-electron chi connectivity index (χ1n) is 10.7. The van der Waals surface area contributed by atoms with Crippen LogP contribution >= 0.6 is 11.3 Å². The second kappa shape index (κ2) is 10.6. The number of aliphatic imine (C=N–C) groups is 1. The van der Waals surface area contributed by atoms with Gasteiger partial charge in [-0.15, -0.1) is 11.3 Å². The van der Waals surface area contributed by atoms with Gasteiger partial charge in [-0.2, -0.15) is 0 Å². The predicted octanol–water partition coefficient (Wildman–Crippen LogP) is 3.24. The van der Waals surface area contributed by atoms with Gasteiger partial charge in [0.25, 0.3) is 0 Å². The van der Waals surface area contributed by atoms with E-state index in [1.54, 1.807) is 23.3 Å². The average molecular weight is 428 g/mol. The van der Waals surface area contributed by atoms with Crippen LogP contribution in [0.25, 0.3) is 0 Å². The quantitative estimate of drug-likeness (QED) is 0.501. The number of carbonyl (C=O) groups excluding carboxylic acids is 1. The lowest BCUT2D eigenvalue weighted by atomic mass is 9.84. The maximum atomic E-state index is 12.7. The standard InChI is InChI=1S/C23H33N5OS/c1-24-22(26-17-23(13-7-8-14-23)21(29)28(2)3)25-15-19-16-30-20(27-19)12-11-18-9-5-4-6-10-18/h4-6,9-10,16H,7-8,11-15,17H2,1-3H3,(H2,24,25,26). The molecule has 2 N–H and O–H groups in total. The Morgan fingerprint density at radius 1 is 1.17 bits per heavy atom. The molecule has 1 fully saturated rings. The van der Waals surface area contributed by atoms with Crippen LogP contribution in [0.2, 0.25) is 0 Å². The molecule has 0 spiro atoms. The SMILES string of the molecule is CN=C(NCc1csc(CCc2ccccc2)n1)NCC1(C(=O)N(C)C)CCCC1. The number of benzene rings is 1. The number of thiazole rings is 1. The van der Waals surface area contributed by atoms with Gasteiger partial charge in [-0.25, -0.2) is 4.98 Å². The number of aromatic nitrogens is 1. The monoisotopic (exact) mass is 427 g/mol. The number of nitrogens with zero attached hydrogens (tertiary/aromatic N) is 3. The van der Waals surface area contributed by atoms with Crippen molar-refractivity contribution in [2.75, 3.05) is 27.7 Å². The van der Waals surface area contributed by atoms with Crippen LogP contribution in [0.4, 0.5) is 0 Å². The molecule has 30 heavy (non-hydrogen) atoms. The van der Waals surface area contributed by atoms with Crippen LogP contribution in [0.5, 0.6) is 0 Å². The summed E-state index contributed by atoms with van der Waals surface area (Å²) >= 11 is 1.71. The fraction of sp³-hybridized carbons (Fsp3) is 0.522. The summed E-state index contributed by atoms with van der Waals surface area (Å²) in [6.45, 7) is 1.24. The van der Waals surface area contributed by atoms with Crippen LogP contribution in [-0.2, 0) is 24.2 Å². The van der Waals surface area contributed by atoms with E-state index in [1.807, 2.05) is 20.2 Å². The molecular formula is C23H33N5OS. The van der Waals surface area contributed by atoms with E-state index >= 15 is 0 Å². The summed E-state index contributed by atoms with van der Waals surface area (Å²) in [6, 6.07) is 10.5. The third-order valence-corrected chi connectivity index (χ3v) is 6.70. The molecule has 7 heteroatoms. The maximum absolute atomic E-state index is 12.7. The van der Waals surface area contributed by atoms with E-state index in [9.17, 15) is 4.79 Å². The fourth-order valence-electron chi connectivity index (χ4n) is 4.08. The van der Waals surface area contributed by atoms with Gasteiger partial charge in [-0.3, -0.25) is 9.79 Å². The molecule has 1 amide bonds. The van der Waals surface area contributed by atoms with Gasteiger partial charge in [0.05, 0.1) is 22.7 Å². The van der Waals surface area contributed by atoms with E-state index in [1.165, 1.54) is 5.56 Å². The smallest absolute Gasteiger partial charge is 0.230 e. The second-order valence-corrected chi connectivity index (χ2v) is 9.13. The molecule has 162 valence electrons. The van der Waals surface area contributed by atoms with Gasteiger partial charge in [0, 0.05) is 39.5 Å². The molecule has 1 saturated carbocycles. The summed E-state index contributed by atoms with van der Waals surface area (Å²) < 4.78 is 0. The van der Waals surface area contributed by atoms with E-state index in [-0.39, 0.29) is 11.3 Å². The van der Waals surface area contributed by atoms with Gasteiger partial charge in [0.1, 0.15) is 0 Å². The molecule has 1 aromatic heterocycles. The Morgan fingerprint density at radius 2 is 1.90 bits per heavy atom. The van der Waals surface area contributed by atoms with Crippen molar-refractivity contribution in [3.05, 3.63) is 52.0 Å². The van der Waals surface area contributed by atoms with E-state index in [4.69, 9.17) is 4.98 Å². The molecule has 6 nitrogen and oxygen atoms in total. The molecule has 0 unspecified atom stereocenters. The van der Waals surface area contributed by atoms with Gasteiger partial charge < -0.3 is 15.5 Å². The van der Waals surface area contributed by atoms with Crippen molar-refractivity contribution in [3.8, 4) is 0 Å². The molecule has 0 saturated heterocycles. The summed E-state index contributed by atoms with van der Waals surface area (Å²) in [5.74, 6) is 0.928. The van der Waals surface area contributed by atoms with Gasteiger partial charge in [-0.1, -0.05) is 43.2 Å². The van der Waals surface area contributed by atoms with E-state index < -0.39 is 0 Å². The molecule has 0 bridgehead atoms. The molecule has 2 aromatic rings. The Hall–Kier alpha value is -2.41. The van der Waals surface area contributed by atoms with E-state index in [0.717, 1.165) is 49.2 Å². The number of nitrogens with one attached hydrogen (secondary N) is 2. The minimum absolute atomic E-state index is 0.213. The van der Waals surface area contributed by atoms with Crippen LogP contribution in [0.3, 0.4) is 0 Å². The van der Waals surface area contributed by atoms with Crippen molar-refractivity contribution < 1.29 is 4.79 Å². The number of hydrogen-bond donors (Lipinski definition) is 2. The van der Waals surface area contributed by atoms with Gasteiger partial charge in [0.15, 0.2) is 5.96 Å². The lowest BCUT2D eigenvalue weighted by Crippen LogP contribution is -2.49. The van der Waals surface area contributed by atoms with Gasteiger partial charge in [-0.05, 0) is 24.8 Å². The highest BCUT2D eigenvalue weighted by molar-refractivity contribution is 7.09. The first-order valence-corrected chi connectivity index (χ1v) is 11.5. The molecule has 0 radical (unpaired) electrons. The van der Waals surface area contributed by atoms with Crippen molar-refractivity contribution in [2.45, 2.75) is 45.1 Å². The zero-order valence-corrected chi connectivity index (χ0v) is 19.1. The number of aryl methyl sites for hydroxylation is 2. The van der Waals surface area contributed by atoms with Crippen molar-refractivity contribution in [3.63, 3.8) is 0 Å². The normalized spacial score (nSPS) is 15.8. The predicted molar refractivity (Wildman–Crippen MR) is 124 cm³/mol. The minimum Gasteiger partial charge on any atom is -0.355 e. The second-order valence-electron chi connectivity index (χ2n) is 8.18. The molecule has 0 aliphatic heterocycles. The maximum Gasteiger partial charge on any atom is 0.230 e. The van der Waals surface area contributed by atoms with Crippen molar-refractivity contribution >= 4 is 23.2 Å². The summed E-state index contributed by atoms with van der Waals surface area (Å²) in [7, 11) is 5.44. The van der Waals surface area contributed by atoms with Crippen molar-refractivity contribution in [1.29, 1.82) is 0 Å². The number of amides is 1. The summed E-state index contributed by atoms with van der Waals surface area (Å²) in [4.78, 5) is 23.5. The van der Waals surface area contributed by atoms with Crippen molar-refractivity contribution in [2.24, 2.45) is 10.4 Å². The Morgan fingerprint density at radius 3 is 2.57 bits per heavy atom. The first kappa shape index (κ1) is 22.3. The summed E-state index contributed by atoms with van der Waals surface area (Å²) in [5, 5.41) is 9.98. The largest absolute Gasteiger partial charge is 0.355 e. The van der Waals surface area contributed by atoms with E-state index in [0.29, 0.717) is 19.0 Å². The minimum atomic E-state index is -0.313. The first-order chi connectivity index (χ1) is 14.5. The average Bonchev–Trinajstić information content (AvgIpc) is 3.43. The van der Waals surface area contributed by atoms with Gasteiger partial charge >= 0.3 is 0 Å². The van der Waals surface area contributed by atoms with Crippen LogP contribution in [0.1, 0.15) is 41.9 Å². The Balaban J connectivity index is 1.48. The van der Waals surface area contributed by atoms with Crippen LogP contribution in [0.15, 0.2) is 40.7 Å². The topological polar surface area (TPSA) is 69.6 Å². The molecule has 1 heterocycles. The lowest BCUT2D eigenvalue weighted by molar-refractivity contribution is -0.138. The number of guanidine groups is 1. The molecule has 0 atom stereocenters. The van der Waals surface area contributed by atoms with Gasteiger partial charge in [0.2, 0.25) is 5.91 Å². The number of hydrogen-bond acceptors (Lipinski definition) is 4. The molecule has 1 aliphatic rings. The number of rotatable bonds is 8. The third-order valence-electron chi connectivity index (χ3n) is 5.74. The van der Waals surface area contributed by atoms with Crippen LogP contribution in [0, 0.1) is 5.41 Å². The van der Waals surface area contributed by atoms with E-state index in [2.05, 4.69) is 45.3 Å². The van der Waals surface area contributed by atoms with Crippen molar-refractivity contribution in [1.82, 2.24) is 20.5 Å². The highest BCUT2D eigenvalue weighted by Crippen LogP contribution is 2.38. The third kappa shape index (κ3) is 5.81. The molecule has 3 rings (SSSR count). The zero-order chi connectivity index (χ0) is 21.4. The summed E-state index contributed by atoms with van der Waals surface area (Å²) in [6.07, 6.45) is 6.05. The molecule has 1 aromatic carbocycles. The Labute approximate surface area is 183 Å². The lowest BCUT2D eigenvalue weighted by Gasteiger charge is -2.31. The fourth-order valence-corrected chi connectivity index (χ4v) is 4.88.